The summed E-state index contributed by atoms with van der Waals surface area (Å²) >= 11 is 0. The third kappa shape index (κ3) is 2.27. The molecule has 0 unspecified atom stereocenters. The number of rotatable bonds is 2. The Balaban J connectivity index is 2.55. The molecule has 2 aromatic rings. The zero-order valence-corrected chi connectivity index (χ0v) is 10.6. The quantitative estimate of drug-likeness (QED) is 0.858. The largest absolute Gasteiger partial charge is 0.382 e. The van der Waals surface area contributed by atoms with E-state index in [1.807, 2.05) is 26.0 Å². The van der Waals surface area contributed by atoms with Crippen LogP contribution in [0.5, 0.6) is 0 Å². The molecule has 2 aromatic heterocycles. The monoisotopic (exact) mass is 231 g/mol. The summed E-state index contributed by atoms with van der Waals surface area (Å²) in [5.41, 5.74) is 7.58. The smallest absolute Gasteiger partial charge is 0.157 e. The Morgan fingerprint density at radius 1 is 1.18 bits per heavy atom. The third-order valence-electron chi connectivity index (χ3n) is 2.50. The fraction of sp³-hybridized carbons (Fsp3) is 0.417. The SMILES string of the molecule is Cc1cc(-n2nc(N)cc2C)nc(C(C)C)n1. The second-order valence-corrected chi connectivity index (χ2v) is 4.50. The standard InChI is InChI=1S/C12H17N5/c1-7(2)12-14-8(3)5-11(15-12)17-9(4)6-10(13)16-17/h5-7H,1-4H3,(H2,13,16). The number of aryl methyl sites for hydroxylation is 2. The first-order chi connectivity index (χ1) is 7.97. The Hall–Kier alpha value is -1.91. The molecular formula is C12H17N5. The molecule has 17 heavy (non-hydrogen) atoms. The van der Waals surface area contributed by atoms with E-state index in [0.29, 0.717) is 11.7 Å². The fourth-order valence-corrected chi connectivity index (χ4v) is 1.67. The van der Waals surface area contributed by atoms with E-state index in [2.05, 4.69) is 28.9 Å². The molecule has 0 aliphatic heterocycles. The van der Waals surface area contributed by atoms with Crippen LogP contribution in [0.25, 0.3) is 5.82 Å². The predicted molar refractivity (Wildman–Crippen MR) is 67.1 cm³/mol. The minimum absolute atomic E-state index is 0.293. The zero-order chi connectivity index (χ0) is 12.6. The third-order valence-corrected chi connectivity index (χ3v) is 2.50. The maximum absolute atomic E-state index is 5.68. The van der Waals surface area contributed by atoms with Crippen LogP contribution in [-0.2, 0) is 0 Å². The van der Waals surface area contributed by atoms with E-state index >= 15 is 0 Å². The average molecular weight is 231 g/mol. The normalized spacial score (nSPS) is 11.1. The van der Waals surface area contributed by atoms with Gasteiger partial charge >= 0.3 is 0 Å². The molecule has 0 bridgehead atoms. The molecule has 2 N–H and O–H groups in total. The first-order valence-electron chi connectivity index (χ1n) is 5.65. The highest BCUT2D eigenvalue weighted by atomic mass is 15.3. The van der Waals surface area contributed by atoms with E-state index in [0.717, 1.165) is 23.0 Å². The zero-order valence-electron chi connectivity index (χ0n) is 10.6. The van der Waals surface area contributed by atoms with Gasteiger partial charge in [0.05, 0.1) is 0 Å². The Kier molecular flexibility index (Phi) is 2.83. The van der Waals surface area contributed by atoms with E-state index in [1.165, 1.54) is 0 Å². The van der Waals surface area contributed by atoms with Gasteiger partial charge in [-0.1, -0.05) is 13.8 Å². The average Bonchev–Trinajstić information content (AvgIpc) is 2.57. The number of nitrogen functional groups attached to an aromatic ring is 1. The minimum atomic E-state index is 0.293. The van der Waals surface area contributed by atoms with E-state index in [9.17, 15) is 0 Å². The summed E-state index contributed by atoms with van der Waals surface area (Å²) in [5.74, 6) is 2.40. The van der Waals surface area contributed by atoms with Crippen molar-refractivity contribution in [3.63, 3.8) is 0 Å². The maximum Gasteiger partial charge on any atom is 0.157 e. The first kappa shape index (κ1) is 11.6. The van der Waals surface area contributed by atoms with Crippen molar-refractivity contribution < 1.29 is 0 Å². The molecule has 0 saturated carbocycles. The highest BCUT2D eigenvalue weighted by Gasteiger charge is 2.10. The lowest BCUT2D eigenvalue weighted by Gasteiger charge is -2.09. The Morgan fingerprint density at radius 3 is 2.41 bits per heavy atom. The molecule has 0 amide bonds. The predicted octanol–water partition coefficient (Wildman–Crippen LogP) is 1.98. The van der Waals surface area contributed by atoms with Gasteiger partial charge in [-0.05, 0) is 13.8 Å². The summed E-state index contributed by atoms with van der Waals surface area (Å²) < 4.78 is 1.75. The Labute approximate surface area is 101 Å². The Bertz CT molecular complexity index is 542. The molecular weight excluding hydrogens is 214 g/mol. The van der Waals surface area contributed by atoms with Gasteiger partial charge in [-0.15, -0.1) is 5.10 Å². The van der Waals surface area contributed by atoms with Gasteiger partial charge < -0.3 is 5.73 Å². The molecule has 0 atom stereocenters. The second kappa shape index (κ2) is 4.16. The highest BCUT2D eigenvalue weighted by Crippen LogP contribution is 2.15. The summed E-state index contributed by atoms with van der Waals surface area (Å²) in [4.78, 5) is 8.92. The molecule has 0 aromatic carbocycles. The van der Waals surface area contributed by atoms with Crippen molar-refractivity contribution in [2.75, 3.05) is 5.73 Å². The van der Waals surface area contributed by atoms with Crippen molar-refractivity contribution in [3.05, 3.63) is 29.3 Å². The van der Waals surface area contributed by atoms with Crippen molar-refractivity contribution in [1.82, 2.24) is 19.7 Å². The van der Waals surface area contributed by atoms with E-state index in [4.69, 9.17) is 5.73 Å². The lowest BCUT2D eigenvalue weighted by Crippen LogP contribution is -2.08. The summed E-state index contributed by atoms with van der Waals surface area (Å²) in [6.07, 6.45) is 0. The van der Waals surface area contributed by atoms with Crippen molar-refractivity contribution in [2.45, 2.75) is 33.6 Å². The number of nitrogens with two attached hydrogens (primary N) is 1. The number of nitrogens with zero attached hydrogens (tertiary/aromatic N) is 4. The molecule has 0 fully saturated rings. The summed E-state index contributed by atoms with van der Waals surface area (Å²) in [7, 11) is 0. The molecule has 0 radical (unpaired) electrons. The van der Waals surface area contributed by atoms with Gasteiger partial charge in [0.2, 0.25) is 0 Å². The van der Waals surface area contributed by atoms with Crippen LogP contribution >= 0.6 is 0 Å². The molecule has 90 valence electrons. The first-order valence-corrected chi connectivity index (χ1v) is 5.65. The van der Waals surface area contributed by atoms with Crippen LogP contribution in [0, 0.1) is 13.8 Å². The van der Waals surface area contributed by atoms with Gasteiger partial charge in [-0.2, -0.15) is 0 Å². The maximum atomic E-state index is 5.68. The number of hydrogen-bond donors (Lipinski definition) is 1. The van der Waals surface area contributed by atoms with Crippen molar-refractivity contribution >= 4 is 5.82 Å². The number of anilines is 1. The Morgan fingerprint density at radius 2 is 1.88 bits per heavy atom. The van der Waals surface area contributed by atoms with E-state index < -0.39 is 0 Å². The molecule has 5 heteroatoms. The van der Waals surface area contributed by atoms with Gasteiger partial charge in [0.1, 0.15) is 11.6 Å². The second-order valence-electron chi connectivity index (χ2n) is 4.50. The van der Waals surface area contributed by atoms with Crippen LogP contribution in [0.4, 0.5) is 5.82 Å². The van der Waals surface area contributed by atoms with E-state index in [-0.39, 0.29) is 0 Å². The lowest BCUT2D eigenvalue weighted by molar-refractivity contribution is 0.732. The van der Waals surface area contributed by atoms with Gasteiger partial charge in [0.25, 0.3) is 0 Å². The molecule has 2 rings (SSSR count). The van der Waals surface area contributed by atoms with Crippen LogP contribution in [0.3, 0.4) is 0 Å². The van der Waals surface area contributed by atoms with Crippen LogP contribution in [0.15, 0.2) is 12.1 Å². The molecule has 0 saturated heterocycles. The number of hydrogen-bond acceptors (Lipinski definition) is 4. The van der Waals surface area contributed by atoms with Crippen LogP contribution < -0.4 is 5.73 Å². The molecule has 0 spiro atoms. The van der Waals surface area contributed by atoms with Crippen LogP contribution in [-0.4, -0.2) is 19.7 Å². The van der Waals surface area contributed by atoms with Crippen LogP contribution in [0.1, 0.15) is 37.0 Å². The van der Waals surface area contributed by atoms with Crippen molar-refractivity contribution in [2.24, 2.45) is 0 Å². The number of aromatic nitrogens is 4. The summed E-state index contributed by atoms with van der Waals surface area (Å²) in [6, 6.07) is 3.73. The van der Waals surface area contributed by atoms with Gasteiger partial charge in [-0.25, -0.2) is 14.6 Å². The van der Waals surface area contributed by atoms with Crippen molar-refractivity contribution in [3.8, 4) is 5.82 Å². The molecule has 0 aliphatic carbocycles. The van der Waals surface area contributed by atoms with Crippen LogP contribution in [0.2, 0.25) is 0 Å². The summed E-state index contributed by atoms with van der Waals surface area (Å²) in [5, 5.41) is 4.23. The topological polar surface area (TPSA) is 69.6 Å². The van der Waals surface area contributed by atoms with Gasteiger partial charge in [0.15, 0.2) is 5.82 Å². The molecule has 0 aliphatic rings. The van der Waals surface area contributed by atoms with Crippen molar-refractivity contribution in [1.29, 1.82) is 0 Å². The van der Waals surface area contributed by atoms with Gasteiger partial charge in [-0.3, -0.25) is 0 Å². The highest BCUT2D eigenvalue weighted by molar-refractivity contribution is 5.35. The molecule has 2 heterocycles. The van der Waals surface area contributed by atoms with E-state index in [1.54, 1.807) is 4.68 Å². The lowest BCUT2D eigenvalue weighted by atomic mass is 10.2. The minimum Gasteiger partial charge on any atom is -0.382 e. The van der Waals surface area contributed by atoms with Gasteiger partial charge in [0, 0.05) is 29.4 Å². The molecule has 5 nitrogen and oxygen atoms in total. The fourth-order valence-electron chi connectivity index (χ4n) is 1.67. The summed E-state index contributed by atoms with van der Waals surface area (Å²) in [6.45, 7) is 8.06.